The molecule has 0 saturated carbocycles. The minimum atomic E-state index is -0.225. The number of nitrogens with one attached hydrogen (secondary N) is 2. The molecular formula is C21H23N3O4. The Labute approximate surface area is 163 Å². The number of ether oxygens (including phenoxy) is 3. The van der Waals surface area contributed by atoms with Gasteiger partial charge >= 0.3 is 0 Å². The second kappa shape index (κ2) is 8.75. The zero-order valence-electron chi connectivity index (χ0n) is 15.5. The standard InChI is InChI=1S/C21H23N3O4/c25-20(15-5-2-1-3-6-15)24-21(22-14-17-7-4-10-26-17)23-16-8-9-18-19(13-16)28-12-11-27-18/h1-3,5-6,8-9,13,17H,4,7,10-12,14H2,(H2,22,23,24,25)/t17-/m0/s1. The molecule has 1 fully saturated rings. The number of rotatable bonds is 4. The van der Waals surface area contributed by atoms with E-state index in [0.717, 1.165) is 25.1 Å². The second-order valence-electron chi connectivity index (χ2n) is 6.63. The fraction of sp³-hybridized carbons (Fsp3) is 0.333. The van der Waals surface area contributed by atoms with Crippen LogP contribution in [0, 0.1) is 0 Å². The van der Waals surface area contributed by atoms with Crippen molar-refractivity contribution in [3.05, 3.63) is 54.1 Å². The van der Waals surface area contributed by atoms with E-state index >= 15 is 0 Å². The summed E-state index contributed by atoms with van der Waals surface area (Å²) in [7, 11) is 0. The lowest BCUT2D eigenvalue weighted by atomic mass is 10.2. The Morgan fingerprint density at radius 3 is 2.64 bits per heavy atom. The SMILES string of the molecule is O=C(NC(=NC[C@@H]1CCCO1)Nc1ccc2c(c1)OCCO2)c1ccccc1. The minimum absolute atomic E-state index is 0.0886. The van der Waals surface area contributed by atoms with E-state index in [1.54, 1.807) is 12.1 Å². The van der Waals surface area contributed by atoms with Crippen LogP contribution in [0.4, 0.5) is 5.69 Å². The molecule has 2 aromatic carbocycles. The molecule has 7 heteroatoms. The van der Waals surface area contributed by atoms with E-state index in [0.29, 0.717) is 42.8 Å². The van der Waals surface area contributed by atoms with E-state index in [1.165, 1.54) is 0 Å². The number of guanidine groups is 1. The monoisotopic (exact) mass is 381 g/mol. The number of hydrogen-bond acceptors (Lipinski definition) is 5. The third-order valence-corrected chi connectivity index (χ3v) is 4.55. The van der Waals surface area contributed by atoms with E-state index in [4.69, 9.17) is 14.2 Å². The molecule has 0 unspecified atom stereocenters. The summed E-state index contributed by atoms with van der Waals surface area (Å²) in [5.41, 5.74) is 1.32. The van der Waals surface area contributed by atoms with Gasteiger partial charge in [-0.25, -0.2) is 4.99 Å². The smallest absolute Gasteiger partial charge is 0.257 e. The number of fused-ring (bicyclic) bond motifs is 1. The molecule has 28 heavy (non-hydrogen) atoms. The van der Waals surface area contributed by atoms with Crippen molar-refractivity contribution in [2.24, 2.45) is 4.99 Å². The lowest BCUT2D eigenvalue weighted by Gasteiger charge is -2.19. The van der Waals surface area contributed by atoms with Gasteiger partial charge < -0.3 is 19.5 Å². The fourth-order valence-corrected chi connectivity index (χ4v) is 3.12. The van der Waals surface area contributed by atoms with Crippen LogP contribution >= 0.6 is 0 Å². The van der Waals surface area contributed by atoms with Crippen molar-refractivity contribution in [2.45, 2.75) is 18.9 Å². The number of aliphatic imine (C=N–C) groups is 1. The van der Waals surface area contributed by atoms with Gasteiger partial charge in [-0.1, -0.05) is 18.2 Å². The summed E-state index contributed by atoms with van der Waals surface area (Å²) in [6.07, 6.45) is 2.11. The molecule has 2 aliphatic heterocycles. The van der Waals surface area contributed by atoms with Crippen LogP contribution in [0.2, 0.25) is 0 Å². The van der Waals surface area contributed by atoms with Crippen LogP contribution < -0.4 is 20.1 Å². The van der Waals surface area contributed by atoms with Crippen molar-refractivity contribution < 1.29 is 19.0 Å². The Morgan fingerprint density at radius 1 is 1.04 bits per heavy atom. The molecule has 1 atom stereocenters. The summed E-state index contributed by atoms with van der Waals surface area (Å²) in [6, 6.07) is 14.6. The van der Waals surface area contributed by atoms with Crippen molar-refractivity contribution in [3.8, 4) is 11.5 Å². The van der Waals surface area contributed by atoms with Gasteiger partial charge in [-0.15, -0.1) is 0 Å². The van der Waals surface area contributed by atoms with Crippen LogP contribution in [0.1, 0.15) is 23.2 Å². The Balaban J connectivity index is 1.50. The van der Waals surface area contributed by atoms with E-state index in [-0.39, 0.29) is 12.0 Å². The van der Waals surface area contributed by atoms with Crippen molar-refractivity contribution in [1.82, 2.24) is 5.32 Å². The first-order valence-electron chi connectivity index (χ1n) is 9.47. The molecule has 146 valence electrons. The van der Waals surface area contributed by atoms with Gasteiger partial charge in [0.15, 0.2) is 11.5 Å². The first-order chi connectivity index (χ1) is 13.8. The largest absolute Gasteiger partial charge is 0.486 e. The number of anilines is 1. The maximum Gasteiger partial charge on any atom is 0.257 e. The van der Waals surface area contributed by atoms with Crippen molar-refractivity contribution in [1.29, 1.82) is 0 Å². The van der Waals surface area contributed by atoms with Gasteiger partial charge in [0.25, 0.3) is 5.91 Å². The molecule has 1 amide bonds. The normalized spacial score (nSPS) is 18.6. The fourth-order valence-electron chi connectivity index (χ4n) is 3.12. The molecule has 0 aliphatic carbocycles. The van der Waals surface area contributed by atoms with Gasteiger partial charge in [-0.05, 0) is 37.1 Å². The van der Waals surface area contributed by atoms with Crippen molar-refractivity contribution in [3.63, 3.8) is 0 Å². The van der Waals surface area contributed by atoms with E-state index in [9.17, 15) is 4.79 Å². The Bertz CT molecular complexity index is 848. The molecule has 1 saturated heterocycles. The molecule has 7 nitrogen and oxygen atoms in total. The summed E-state index contributed by atoms with van der Waals surface area (Å²) >= 11 is 0. The first-order valence-corrected chi connectivity index (χ1v) is 9.47. The molecule has 0 aromatic heterocycles. The molecule has 0 radical (unpaired) electrons. The molecule has 4 rings (SSSR count). The highest BCUT2D eigenvalue weighted by Gasteiger charge is 2.17. The number of benzene rings is 2. The van der Waals surface area contributed by atoms with Crippen LogP contribution in [-0.2, 0) is 4.74 Å². The Hall–Kier alpha value is -3.06. The predicted octanol–water partition coefficient (Wildman–Crippen LogP) is 2.83. The third kappa shape index (κ3) is 4.61. The molecule has 2 aromatic rings. The highest BCUT2D eigenvalue weighted by Crippen LogP contribution is 2.32. The Kier molecular flexibility index (Phi) is 5.72. The zero-order valence-corrected chi connectivity index (χ0v) is 15.5. The summed E-state index contributed by atoms with van der Waals surface area (Å²) in [5.74, 6) is 1.53. The third-order valence-electron chi connectivity index (χ3n) is 4.55. The van der Waals surface area contributed by atoms with Gasteiger partial charge in [0.2, 0.25) is 5.96 Å². The van der Waals surface area contributed by atoms with Crippen LogP contribution in [0.15, 0.2) is 53.5 Å². The summed E-state index contributed by atoms with van der Waals surface area (Å²) < 4.78 is 16.8. The average Bonchev–Trinajstić information content (AvgIpc) is 3.26. The second-order valence-corrected chi connectivity index (χ2v) is 6.63. The topological polar surface area (TPSA) is 81.2 Å². The first kappa shape index (κ1) is 18.3. The quantitative estimate of drug-likeness (QED) is 0.629. The minimum Gasteiger partial charge on any atom is -0.486 e. The summed E-state index contributed by atoms with van der Waals surface area (Å²) in [6.45, 7) is 2.31. The van der Waals surface area contributed by atoms with Crippen LogP contribution in [0.25, 0.3) is 0 Å². The zero-order chi connectivity index (χ0) is 19.2. The van der Waals surface area contributed by atoms with Crippen LogP contribution in [-0.4, -0.2) is 44.3 Å². The molecule has 2 aliphatic rings. The maximum atomic E-state index is 12.6. The molecule has 2 N–H and O–H groups in total. The Morgan fingerprint density at radius 2 is 1.86 bits per heavy atom. The molecular weight excluding hydrogens is 358 g/mol. The molecule has 0 bridgehead atoms. The average molecular weight is 381 g/mol. The molecule has 2 heterocycles. The predicted molar refractivity (Wildman–Crippen MR) is 106 cm³/mol. The van der Waals surface area contributed by atoms with E-state index < -0.39 is 0 Å². The van der Waals surface area contributed by atoms with Crippen molar-refractivity contribution in [2.75, 3.05) is 31.7 Å². The molecule has 0 spiro atoms. The van der Waals surface area contributed by atoms with Gasteiger partial charge in [-0.2, -0.15) is 0 Å². The van der Waals surface area contributed by atoms with Gasteiger partial charge in [0, 0.05) is 23.9 Å². The van der Waals surface area contributed by atoms with Gasteiger partial charge in [-0.3, -0.25) is 10.1 Å². The lowest BCUT2D eigenvalue weighted by molar-refractivity contribution is 0.0975. The number of nitrogens with zero attached hydrogens (tertiary/aromatic N) is 1. The van der Waals surface area contributed by atoms with Gasteiger partial charge in [0.1, 0.15) is 13.2 Å². The van der Waals surface area contributed by atoms with Crippen LogP contribution in [0.3, 0.4) is 0 Å². The summed E-state index contributed by atoms with van der Waals surface area (Å²) in [5, 5.41) is 6.04. The number of carbonyl (C=O) groups is 1. The van der Waals surface area contributed by atoms with E-state index in [2.05, 4.69) is 15.6 Å². The highest BCUT2D eigenvalue weighted by atomic mass is 16.6. The van der Waals surface area contributed by atoms with E-state index in [1.807, 2.05) is 36.4 Å². The summed E-state index contributed by atoms with van der Waals surface area (Å²) in [4.78, 5) is 17.1. The number of carbonyl (C=O) groups excluding carboxylic acids is 1. The maximum absolute atomic E-state index is 12.6. The van der Waals surface area contributed by atoms with Crippen molar-refractivity contribution >= 4 is 17.6 Å². The lowest BCUT2D eigenvalue weighted by Crippen LogP contribution is -2.36. The number of amides is 1. The number of hydrogen-bond donors (Lipinski definition) is 2. The highest BCUT2D eigenvalue weighted by molar-refractivity contribution is 6.10. The van der Waals surface area contributed by atoms with Gasteiger partial charge in [0.05, 0.1) is 12.6 Å². The van der Waals surface area contributed by atoms with Crippen LogP contribution in [0.5, 0.6) is 11.5 Å².